The Morgan fingerprint density at radius 3 is 0.958 bits per heavy atom. The molecule has 18 rings (SSSR count). The highest BCUT2D eigenvalue weighted by Gasteiger charge is 2.49. The highest BCUT2D eigenvalue weighted by Crippen LogP contribution is 2.60. The van der Waals surface area contributed by atoms with Crippen molar-refractivity contribution in [2.24, 2.45) is 21.1 Å². The van der Waals surface area contributed by atoms with Gasteiger partial charge in [-0.3, -0.25) is 15.0 Å². The van der Waals surface area contributed by atoms with Crippen LogP contribution in [0.1, 0.15) is 133 Å². The highest BCUT2D eigenvalue weighted by atomic mass is 19.1. The summed E-state index contributed by atoms with van der Waals surface area (Å²) in [5.41, 5.74) is 36.7. The molecule has 6 aliphatic carbocycles. The topological polar surface area (TPSA) is 50.3 Å². The Kier molecular flexibility index (Phi) is 15.1. The zero-order valence-electron chi connectivity index (χ0n) is 55.9. The van der Waals surface area contributed by atoms with Crippen molar-refractivity contribution in [3.63, 3.8) is 0 Å². The molecule has 0 radical (unpaired) electrons. The Labute approximate surface area is 559 Å². The summed E-state index contributed by atoms with van der Waals surface area (Å²) in [6, 6.07) is 67.3. The molecule has 0 saturated heterocycles. The monoisotopic (exact) mass is 1240 g/mol. The minimum atomic E-state index is -0.208. The second-order valence-corrected chi connectivity index (χ2v) is 28.2. The molecule has 7 heteroatoms. The molecule has 95 heavy (non-hydrogen) atoms. The molecule has 6 nitrogen and oxygen atoms in total. The highest BCUT2D eigenvalue weighted by molar-refractivity contribution is 5.87. The van der Waals surface area contributed by atoms with E-state index in [1.165, 1.54) is 235 Å². The molecule has 0 unspecified atom stereocenters. The molecule has 3 fully saturated rings. The average Bonchev–Trinajstić information content (AvgIpc) is 1.57. The third-order valence-electron chi connectivity index (χ3n) is 22.6. The van der Waals surface area contributed by atoms with E-state index in [4.69, 9.17) is 15.0 Å². The molecule has 468 valence electrons. The molecule has 3 spiro atoms. The predicted octanol–water partition coefficient (Wildman–Crippen LogP) is 19.6. The normalized spacial score (nSPS) is 15.7. The van der Waals surface area contributed by atoms with Gasteiger partial charge in [0.25, 0.3) is 0 Å². The Morgan fingerprint density at radius 2 is 0.621 bits per heavy atom. The lowest BCUT2D eigenvalue weighted by Crippen LogP contribution is -2.30. The number of nitrogens with zero attached hydrogens (tertiary/aromatic N) is 6. The number of aryl methyl sites for hydroxylation is 7. The number of aromatic nitrogens is 6. The lowest BCUT2D eigenvalue weighted by Gasteiger charge is -2.25. The lowest BCUT2D eigenvalue weighted by atomic mass is 9.78. The molecule has 12 aromatic rings. The van der Waals surface area contributed by atoms with Gasteiger partial charge in [0.2, 0.25) is 17.1 Å². The number of fused-ring (bicyclic) bond motifs is 15. The lowest BCUT2D eigenvalue weighted by molar-refractivity contribution is -0.660. The van der Waals surface area contributed by atoms with Gasteiger partial charge in [-0.25, -0.2) is 18.1 Å². The molecule has 0 aliphatic heterocycles. The van der Waals surface area contributed by atoms with E-state index < -0.39 is 0 Å². The number of pyridine rings is 6. The molecule has 6 aromatic heterocycles. The Balaban J connectivity index is 0.000000112. The minimum absolute atomic E-state index is 0.0571. The Morgan fingerprint density at radius 1 is 0.305 bits per heavy atom. The van der Waals surface area contributed by atoms with Gasteiger partial charge in [-0.1, -0.05) is 147 Å². The van der Waals surface area contributed by atoms with Gasteiger partial charge in [-0.05, 0) is 198 Å². The smallest absolute Gasteiger partial charge is 0.213 e. The van der Waals surface area contributed by atoms with Crippen molar-refractivity contribution in [2.45, 2.75) is 121 Å². The van der Waals surface area contributed by atoms with E-state index in [1.807, 2.05) is 30.7 Å². The molecule has 0 bridgehead atoms. The largest absolute Gasteiger partial charge is 0.260 e. The fourth-order valence-electron chi connectivity index (χ4n) is 17.7. The maximum atomic E-state index is 13.4. The first-order valence-corrected chi connectivity index (χ1v) is 34.5. The van der Waals surface area contributed by atoms with E-state index in [1.54, 1.807) is 0 Å². The summed E-state index contributed by atoms with van der Waals surface area (Å²) in [5, 5.41) is 0. The Hall–Kier alpha value is -9.85. The van der Waals surface area contributed by atoms with E-state index in [2.05, 4.69) is 245 Å². The summed E-state index contributed by atoms with van der Waals surface area (Å²) >= 11 is 0. The van der Waals surface area contributed by atoms with Crippen LogP contribution in [0, 0.1) is 33.5 Å². The van der Waals surface area contributed by atoms with E-state index >= 15 is 0 Å². The van der Waals surface area contributed by atoms with Crippen LogP contribution in [0.25, 0.3) is 101 Å². The molecule has 6 heterocycles. The van der Waals surface area contributed by atoms with Gasteiger partial charge in [0, 0.05) is 105 Å². The maximum absolute atomic E-state index is 13.4. The summed E-state index contributed by atoms with van der Waals surface area (Å²) in [7, 11) is 6.40. The fourth-order valence-corrected chi connectivity index (χ4v) is 17.7. The number of halogens is 1. The van der Waals surface area contributed by atoms with Gasteiger partial charge in [-0.2, -0.15) is 0 Å². The quantitative estimate of drug-likeness (QED) is 0.156. The zero-order valence-corrected chi connectivity index (χ0v) is 55.9. The van der Waals surface area contributed by atoms with Crippen LogP contribution in [-0.2, 0) is 37.4 Å². The standard InChI is InChI=1S/C30H29N2.C29H26FN2.C29H27N2/c1-20-8-10-22(11-9-20)23-12-16-32(3)28(18-23)25-19-27-26(17-21(25)2)24-7-6-15-31-29(24)30(27)13-4-5-14-30;1-19-16-25-23-6-5-14-31-28(23)29(12-3-4-13-29)26(25)18-24(19)27-17-21(11-15-32(27)2)20-7-9-22(30)10-8-20;1-20-17-25-23-11-8-15-30-28(23)29(13-6-7-14-29)26(25)19-24(20)27-18-22(12-16-31(27)2)21-9-4-3-5-10-21/h6-12,15-19H,4-5,13-14H2,1-3H3;5-11,14-18H,3-4,12-13H2,1-2H3;3-5,8-12,15-19H,6-7,13-14H2,1-2H3/q3*+1. The van der Waals surface area contributed by atoms with Gasteiger partial charge >= 0.3 is 0 Å². The number of rotatable bonds is 6. The van der Waals surface area contributed by atoms with Gasteiger partial charge in [0.1, 0.15) is 27.0 Å². The van der Waals surface area contributed by atoms with Crippen molar-refractivity contribution in [1.82, 2.24) is 15.0 Å². The first-order valence-electron chi connectivity index (χ1n) is 34.5. The van der Waals surface area contributed by atoms with Gasteiger partial charge < -0.3 is 0 Å². The zero-order chi connectivity index (χ0) is 64.7. The van der Waals surface area contributed by atoms with Crippen molar-refractivity contribution in [3.05, 3.63) is 287 Å². The van der Waals surface area contributed by atoms with Crippen LogP contribution in [-0.4, -0.2) is 15.0 Å². The van der Waals surface area contributed by atoms with Crippen molar-refractivity contribution in [3.8, 4) is 101 Å². The third kappa shape index (κ3) is 10.1. The number of hydrogen-bond donors (Lipinski definition) is 0. The van der Waals surface area contributed by atoms with Crippen LogP contribution >= 0.6 is 0 Å². The van der Waals surface area contributed by atoms with E-state index in [-0.39, 0.29) is 22.1 Å². The van der Waals surface area contributed by atoms with Crippen LogP contribution < -0.4 is 13.7 Å². The molecular formula is C88H82FN6+3. The second-order valence-electron chi connectivity index (χ2n) is 28.2. The van der Waals surface area contributed by atoms with Crippen LogP contribution in [0.2, 0.25) is 0 Å². The summed E-state index contributed by atoms with van der Waals surface area (Å²) in [5.74, 6) is -0.208. The first kappa shape index (κ1) is 60.1. The predicted molar refractivity (Wildman–Crippen MR) is 382 cm³/mol. The first-order chi connectivity index (χ1) is 46.3. The van der Waals surface area contributed by atoms with Crippen molar-refractivity contribution in [1.29, 1.82) is 0 Å². The van der Waals surface area contributed by atoms with Crippen LogP contribution in [0.15, 0.2) is 225 Å². The Bertz CT molecular complexity index is 4780. The molecule has 3 saturated carbocycles. The van der Waals surface area contributed by atoms with Gasteiger partial charge in [0.05, 0.1) is 17.1 Å². The van der Waals surface area contributed by atoms with Crippen LogP contribution in [0.4, 0.5) is 4.39 Å². The van der Waals surface area contributed by atoms with Crippen LogP contribution in [0.5, 0.6) is 0 Å². The van der Waals surface area contributed by atoms with Gasteiger partial charge in [-0.15, -0.1) is 0 Å². The van der Waals surface area contributed by atoms with E-state index in [9.17, 15) is 4.39 Å². The summed E-state index contributed by atoms with van der Waals surface area (Å²) in [6.07, 6.45) is 27.2. The molecular weight excluding hydrogens is 1160 g/mol. The van der Waals surface area contributed by atoms with Crippen molar-refractivity contribution < 1.29 is 18.1 Å². The molecule has 6 aromatic carbocycles. The second kappa shape index (κ2) is 23.9. The molecule has 0 amide bonds. The summed E-state index contributed by atoms with van der Waals surface area (Å²) in [6.45, 7) is 8.85. The number of hydrogen-bond acceptors (Lipinski definition) is 3. The SMILES string of the molecule is Cc1cc2c(cc1-c1cc(-c3ccc(F)cc3)cc[n+]1C)C1(CCCC1)c1ncccc1-2.Cc1cc2c(cc1-c1cc(-c3ccccc3)cc[n+]1C)C1(CCCC1)c1ncccc1-2.Cc1ccc(-c2cc[n+](C)c(-c3cc4c(cc3C)-c3cccnc3C43CCCC3)c2)cc1. The van der Waals surface area contributed by atoms with E-state index in [0.29, 0.717) is 0 Å². The summed E-state index contributed by atoms with van der Waals surface area (Å²) in [4.78, 5) is 14.7. The minimum Gasteiger partial charge on any atom is -0.260 e. The van der Waals surface area contributed by atoms with Crippen molar-refractivity contribution in [2.75, 3.05) is 0 Å². The van der Waals surface area contributed by atoms with E-state index in [0.717, 1.165) is 11.1 Å². The van der Waals surface area contributed by atoms with Crippen molar-refractivity contribution >= 4 is 0 Å². The molecule has 6 aliphatic rings. The number of benzene rings is 6. The molecule has 0 atom stereocenters. The van der Waals surface area contributed by atoms with Crippen LogP contribution in [0.3, 0.4) is 0 Å². The summed E-state index contributed by atoms with van der Waals surface area (Å²) < 4.78 is 20.1. The maximum Gasteiger partial charge on any atom is 0.213 e. The fraction of sp³-hybridized carbons (Fsp3) is 0.250. The average molecular weight is 1240 g/mol. The van der Waals surface area contributed by atoms with Gasteiger partial charge in [0.15, 0.2) is 18.6 Å². The third-order valence-corrected chi connectivity index (χ3v) is 22.6. The molecule has 0 N–H and O–H groups in total.